The Morgan fingerprint density at radius 1 is 1.09 bits per heavy atom. The first-order valence-corrected chi connectivity index (χ1v) is 11.3. The minimum Gasteiger partial charge on any atom is -0.478 e. The molecule has 0 spiro atoms. The van der Waals surface area contributed by atoms with Crippen LogP contribution in [0.1, 0.15) is 27.2 Å². The van der Waals surface area contributed by atoms with Crippen LogP contribution in [0, 0.1) is 0 Å². The number of ether oxygens (including phenoxy) is 2. The second-order valence-corrected chi connectivity index (χ2v) is 8.70. The van der Waals surface area contributed by atoms with E-state index < -0.39 is 62.5 Å². The SMILES string of the molecule is C=CCO[C@@H]1CC(C(=O)O)=C[C@@H](OC(C)C)[C@@H]1NC(C)=O.[B]B([B])B(B([B])[B])B(B([B])[B])B([B])[B]. The average molecular weight is 449 g/mol. The Hall–Kier alpha value is -0.751. The lowest BCUT2D eigenvalue weighted by atomic mass is 8.47. The highest BCUT2D eigenvalue weighted by Gasteiger charge is 2.38. The van der Waals surface area contributed by atoms with Crippen LogP contribution in [-0.4, -0.2) is 148 Å². The molecule has 0 bridgehead atoms. The summed E-state index contributed by atoms with van der Waals surface area (Å²) in [5.41, 5.74) is 0.233. The number of carboxylic acids is 1. The van der Waals surface area contributed by atoms with Gasteiger partial charge in [-0.15, -0.1) is 6.58 Å². The van der Waals surface area contributed by atoms with Gasteiger partial charge in [-0.2, -0.15) is 0 Å². The molecule has 0 aliphatic heterocycles. The molecule has 0 fully saturated rings. The van der Waals surface area contributed by atoms with Gasteiger partial charge >= 0.3 is 5.97 Å². The van der Waals surface area contributed by atoms with Gasteiger partial charge in [0.25, 0.3) is 0 Å². The number of carbonyl (C=O) groups excluding carboxylic acids is 1. The largest absolute Gasteiger partial charge is 0.478 e. The maximum Gasteiger partial charge on any atom is 0.331 e. The van der Waals surface area contributed by atoms with Crippen molar-refractivity contribution in [3.63, 3.8) is 0 Å². The molecule has 0 unspecified atom stereocenters. The fourth-order valence-electron chi connectivity index (χ4n) is 3.83. The second-order valence-electron chi connectivity index (χ2n) is 8.70. The number of carbonyl (C=O) groups is 2. The van der Waals surface area contributed by atoms with Crippen LogP contribution in [0.3, 0.4) is 0 Å². The van der Waals surface area contributed by atoms with Gasteiger partial charge in [-0.3, -0.25) is 4.79 Å². The summed E-state index contributed by atoms with van der Waals surface area (Å²) in [7, 11) is 44.1. The van der Waals surface area contributed by atoms with Crippen molar-refractivity contribution >= 4 is 112 Å². The number of hydrogen-bond donors (Lipinski definition) is 2. The van der Waals surface area contributed by atoms with Gasteiger partial charge in [0.15, 0.2) is 0 Å². The lowest BCUT2D eigenvalue weighted by Crippen LogP contribution is -2.72. The Kier molecular flexibility index (Phi) is 16.5. The summed E-state index contributed by atoms with van der Waals surface area (Å²) in [4.78, 5) is 22.6. The van der Waals surface area contributed by atoms with Crippen molar-refractivity contribution in [2.45, 2.75) is 51.5 Å². The van der Waals surface area contributed by atoms with E-state index in [1.807, 2.05) is 13.8 Å². The van der Waals surface area contributed by atoms with Gasteiger partial charge in [-0.05, 0) is 19.9 Å². The summed E-state index contributed by atoms with van der Waals surface area (Å²) < 4.78 is 11.4. The van der Waals surface area contributed by atoms with Gasteiger partial charge in [0.2, 0.25) is 5.91 Å². The Bertz CT molecular complexity index is 676. The molecule has 6 nitrogen and oxygen atoms in total. The fraction of sp³-hybridized carbons (Fsp3) is 0.600. The zero-order chi connectivity index (χ0) is 27.5. The van der Waals surface area contributed by atoms with Crippen LogP contribution in [0.2, 0.25) is 0 Å². The second kappa shape index (κ2) is 16.9. The first kappa shape index (κ1) is 34.2. The van der Waals surface area contributed by atoms with Crippen LogP contribution in [0.15, 0.2) is 24.3 Å². The Morgan fingerprint density at radius 2 is 1.54 bits per heavy atom. The van der Waals surface area contributed by atoms with E-state index in [-0.39, 0.29) is 30.6 Å². The minimum absolute atomic E-state index is 0.101. The third-order valence-electron chi connectivity index (χ3n) is 5.27. The zero-order valence-electron chi connectivity index (χ0n) is 20.7. The third-order valence-corrected chi connectivity index (χ3v) is 5.27. The summed E-state index contributed by atoms with van der Waals surface area (Å²) in [6.45, 7) is 8.98. The van der Waals surface area contributed by atoms with Crippen molar-refractivity contribution in [2.75, 3.05) is 6.61 Å². The molecule has 0 aromatic carbocycles. The molecule has 35 heavy (non-hydrogen) atoms. The van der Waals surface area contributed by atoms with Crippen LogP contribution in [-0.2, 0) is 19.1 Å². The van der Waals surface area contributed by atoms with Crippen LogP contribution in [0.25, 0.3) is 0 Å². The van der Waals surface area contributed by atoms with E-state index in [1.165, 1.54) is 6.92 Å². The third kappa shape index (κ3) is 12.4. The maximum atomic E-state index is 11.4. The maximum absolute atomic E-state index is 11.4. The monoisotopic (exact) mass is 451 g/mol. The lowest BCUT2D eigenvalue weighted by molar-refractivity contribution is -0.134. The molecule has 0 saturated carbocycles. The highest BCUT2D eigenvalue weighted by molar-refractivity contribution is 8.10. The van der Waals surface area contributed by atoms with Gasteiger partial charge < -0.3 is 19.9 Å². The molecular weight excluding hydrogens is 426 g/mol. The smallest absolute Gasteiger partial charge is 0.331 e. The number of nitrogens with one attached hydrogen (secondary N) is 1. The predicted molar refractivity (Wildman–Crippen MR) is 158 cm³/mol. The lowest BCUT2D eigenvalue weighted by Gasteiger charge is -2.37. The summed E-state index contributed by atoms with van der Waals surface area (Å²) in [6.07, 6.45) is -1.83. The molecule has 20 heteroatoms. The molecule has 0 aromatic rings. The molecular formula is C15H23B14NO5. The molecule has 1 aliphatic carbocycles. The fourth-order valence-corrected chi connectivity index (χ4v) is 3.83. The van der Waals surface area contributed by atoms with E-state index in [4.69, 9.17) is 71.4 Å². The van der Waals surface area contributed by atoms with Gasteiger partial charge in [-0.1, -0.05) is 6.08 Å². The molecule has 2 N–H and O–H groups in total. The van der Waals surface area contributed by atoms with Crippen molar-refractivity contribution in [3.8, 4) is 0 Å². The van der Waals surface area contributed by atoms with Crippen molar-refractivity contribution in [1.82, 2.24) is 5.32 Å². The van der Waals surface area contributed by atoms with E-state index in [9.17, 15) is 14.7 Å². The van der Waals surface area contributed by atoms with E-state index in [1.54, 1.807) is 12.2 Å². The number of aliphatic carboxylic acids is 1. The van der Waals surface area contributed by atoms with Crippen LogP contribution >= 0.6 is 0 Å². The quantitative estimate of drug-likeness (QED) is 0.234. The molecule has 16 radical (unpaired) electrons. The first-order valence-electron chi connectivity index (χ1n) is 11.3. The van der Waals surface area contributed by atoms with E-state index in [0.29, 0.717) is 0 Å². The summed E-state index contributed by atoms with van der Waals surface area (Å²) in [6, 6.07) is -0.423. The topological polar surface area (TPSA) is 84.9 Å². The molecule has 0 heterocycles. The minimum atomic E-state index is -0.999. The Balaban J connectivity index is 0.000000720. The normalized spacial score (nSPS) is 18.7. The molecule has 0 aromatic heterocycles. The zero-order valence-corrected chi connectivity index (χ0v) is 20.7. The van der Waals surface area contributed by atoms with Crippen molar-refractivity contribution in [1.29, 1.82) is 0 Å². The van der Waals surface area contributed by atoms with Gasteiger partial charge in [0.1, 0.15) is 0 Å². The molecule has 1 amide bonds. The van der Waals surface area contributed by atoms with Crippen molar-refractivity contribution in [3.05, 3.63) is 24.3 Å². The standard InChI is InChI=1S/C15H23NO5.B14/c1-5-6-20-12-7-11(15(18)19)8-13(21-9(2)3)14(12)16-10(4)17;1-9(2)13(10(3)4)14(11(5)6)12(7)8/h5,8-9,12-14H,1,6-7H2,2-4H3,(H,16,17)(H,18,19);/t12-,13-,14-;/m1./s1. The van der Waals surface area contributed by atoms with Crippen LogP contribution in [0.4, 0.5) is 0 Å². The van der Waals surface area contributed by atoms with Crippen molar-refractivity contribution < 1.29 is 24.2 Å². The van der Waals surface area contributed by atoms with Crippen LogP contribution < -0.4 is 5.32 Å². The summed E-state index contributed by atoms with van der Waals surface area (Å²) in [5.74, 6) is -1.21. The number of carboxylic acid groups (broad SMARTS) is 1. The molecule has 1 rings (SSSR count). The molecule has 1 aliphatic rings. The van der Waals surface area contributed by atoms with Gasteiger partial charge in [0.05, 0.1) is 31.0 Å². The molecule has 3 atom stereocenters. The van der Waals surface area contributed by atoms with Gasteiger partial charge in [0, 0.05) is 119 Å². The van der Waals surface area contributed by atoms with Crippen molar-refractivity contribution in [2.24, 2.45) is 0 Å². The molecule has 0 saturated heterocycles. The highest BCUT2D eigenvalue weighted by atomic mass is 16.5. The predicted octanol–water partition coefficient (Wildman–Crippen LogP) is -4.06. The Labute approximate surface area is 223 Å². The summed E-state index contributed by atoms with van der Waals surface area (Å²) >= 11 is 0. The van der Waals surface area contributed by atoms with Gasteiger partial charge in [-0.25, -0.2) is 4.79 Å². The number of hydrogen-bond acceptors (Lipinski definition) is 4. The molecule has 160 valence electrons. The highest BCUT2D eigenvalue weighted by Crippen LogP contribution is 2.25. The average Bonchev–Trinajstić information content (AvgIpc) is 2.70. The van der Waals surface area contributed by atoms with E-state index in [0.717, 1.165) is 0 Å². The van der Waals surface area contributed by atoms with Crippen LogP contribution in [0.5, 0.6) is 0 Å². The number of rotatable bonds is 12. The van der Waals surface area contributed by atoms with E-state index >= 15 is 0 Å². The van der Waals surface area contributed by atoms with E-state index in [2.05, 4.69) is 11.9 Å². The Morgan fingerprint density at radius 3 is 1.86 bits per heavy atom. The summed E-state index contributed by atoms with van der Waals surface area (Å²) in [5, 5.41) is 12.0. The first-order chi connectivity index (χ1) is 16.1. The number of amides is 1.